The van der Waals surface area contributed by atoms with Crippen LogP contribution in [0.2, 0.25) is 0 Å². The van der Waals surface area contributed by atoms with Gasteiger partial charge in [-0.25, -0.2) is 0 Å². The van der Waals surface area contributed by atoms with Crippen molar-refractivity contribution in [2.45, 2.75) is 65.8 Å². The lowest BCUT2D eigenvalue weighted by Crippen LogP contribution is -2.50. The van der Waals surface area contributed by atoms with Crippen molar-refractivity contribution in [3.05, 3.63) is 34.9 Å². The smallest absolute Gasteiger partial charge is 0.0202 e. The van der Waals surface area contributed by atoms with Crippen LogP contribution >= 0.6 is 0 Å². The van der Waals surface area contributed by atoms with Gasteiger partial charge in [0, 0.05) is 5.54 Å². The van der Waals surface area contributed by atoms with Gasteiger partial charge >= 0.3 is 0 Å². The molecule has 0 aliphatic heterocycles. The van der Waals surface area contributed by atoms with E-state index in [2.05, 4.69) is 52.8 Å². The Kier molecular flexibility index (Phi) is 3.79. The van der Waals surface area contributed by atoms with Crippen LogP contribution in [0.25, 0.3) is 0 Å². The first kappa shape index (κ1) is 14.6. The van der Waals surface area contributed by atoms with Crippen LogP contribution in [0.1, 0.15) is 56.7 Å². The minimum atomic E-state index is -0.0281. The quantitative estimate of drug-likeness (QED) is 0.837. The molecule has 1 saturated carbocycles. The highest BCUT2D eigenvalue weighted by Crippen LogP contribution is 2.44. The minimum absolute atomic E-state index is 0.0281. The van der Waals surface area contributed by atoms with E-state index in [9.17, 15) is 0 Å². The normalized spacial score (nSPS) is 30.3. The van der Waals surface area contributed by atoms with Crippen LogP contribution in [-0.4, -0.2) is 5.54 Å². The summed E-state index contributed by atoms with van der Waals surface area (Å²) >= 11 is 0. The van der Waals surface area contributed by atoms with Crippen molar-refractivity contribution in [2.75, 3.05) is 0 Å². The van der Waals surface area contributed by atoms with E-state index < -0.39 is 0 Å². The third kappa shape index (κ3) is 3.60. The van der Waals surface area contributed by atoms with Crippen molar-refractivity contribution in [3.63, 3.8) is 0 Å². The monoisotopic (exact) mass is 259 g/mol. The van der Waals surface area contributed by atoms with Crippen molar-refractivity contribution < 1.29 is 0 Å². The molecule has 1 fully saturated rings. The minimum Gasteiger partial charge on any atom is -0.325 e. The van der Waals surface area contributed by atoms with Crippen LogP contribution in [0.15, 0.2) is 18.2 Å². The van der Waals surface area contributed by atoms with Gasteiger partial charge < -0.3 is 5.73 Å². The van der Waals surface area contributed by atoms with E-state index in [4.69, 9.17) is 5.73 Å². The highest BCUT2D eigenvalue weighted by Gasteiger charge is 2.40. The van der Waals surface area contributed by atoms with Gasteiger partial charge in [0.25, 0.3) is 0 Å². The Balaban J connectivity index is 2.23. The van der Waals surface area contributed by atoms with Crippen LogP contribution in [0, 0.1) is 25.2 Å². The zero-order valence-corrected chi connectivity index (χ0v) is 13.2. The fourth-order valence-corrected chi connectivity index (χ4v) is 4.31. The van der Waals surface area contributed by atoms with Gasteiger partial charge in [-0.1, -0.05) is 44.5 Å². The van der Waals surface area contributed by atoms with Crippen LogP contribution < -0.4 is 5.73 Å². The number of aryl methyl sites for hydroxylation is 2. The maximum atomic E-state index is 6.78. The topological polar surface area (TPSA) is 26.0 Å². The number of benzene rings is 1. The standard InChI is InChI=1S/C18H29N/c1-13-6-7-15(3)16(8-13)11-18(19)10-14(2)9-17(4,5)12-18/h6-8,14H,9-12,19H2,1-5H3. The lowest BCUT2D eigenvalue weighted by Gasteiger charge is -2.46. The second-order valence-electron chi connectivity index (χ2n) is 7.82. The summed E-state index contributed by atoms with van der Waals surface area (Å²) in [6.07, 6.45) is 4.62. The summed E-state index contributed by atoms with van der Waals surface area (Å²) in [6.45, 7) is 11.5. The first-order valence-corrected chi connectivity index (χ1v) is 7.54. The molecule has 1 aliphatic carbocycles. The van der Waals surface area contributed by atoms with E-state index in [0.29, 0.717) is 5.41 Å². The maximum Gasteiger partial charge on any atom is 0.0202 e. The van der Waals surface area contributed by atoms with Gasteiger partial charge in [-0.05, 0) is 62.0 Å². The van der Waals surface area contributed by atoms with Gasteiger partial charge in [-0.15, -0.1) is 0 Å². The molecule has 2 unspecified atom stereocenters. The van der Waals surface area contributed by atoms with Crippen LogP contribution in [-0.2, 0) is 6.42 Å². The number of rotatable bonds is 2. The molecule has 0 amide bonds. The maximum absolute atomic E-state index is 6.78. The Hall–Kier alpha value is -0.820. The highest BCUT2D eigenvalue weighted by atomic mass is 14.8. The average Bonchev–Trinajstić information content (AvgIpc) is 2.19. The number of hydrogen-bond donors (Lipinski definition) is 1. The first-order valence-electron chi connectivity index (χ1n) is 7.54. The summed E-state index contributed by atoms with van der Waals surface area (Å²) in [4.78, 5) is 0. The lowest BCUT2D eigenvalue weighted by molar-refractivity contribution is 0.108. The molecule has 19 heavy (non-hydrogen) atoms. The number of hydrogen-bond acceptors (Lipinski definition) is 1. The largest absolute Gasteiger partial charge is 0.325 e. The molecule has 2 rings (SSSR count). The molecule has 0 saturated heterocycles. The average molecular weight is 259 g/mol. The molecule has 1 heteroatoms. The molecule has 0 heterocycles. The van der Waals surface area contributed by atoms with E-state index in [1.54, 1.807) is 0 Å². The lowest BCUT2D eigenvalue weighted by atomic mass is 9.63. The van der Waals surface area contributed by atoms with Crippen LogP contribution in [0.4, 0.5) is 0 Å². The van der Waals surface area contributed by atoms with Gasteiger partial charge in [0.15, 0.2) is 0 Å². The predicted molar refractivity (Wildman–Crippen MR) is 83.3 cm³/mol. The van der Waals surface area contributed by atoms with Crippen LogP contribution in [0.3, 0.4) is 0 Å². The van der Waals surface area contributed by atoms with Gasteiger partial charge in [-0.3, -0.25) is 0 Å². The van der Waals surface area contributed by atoms with E-state index in [1.807, 2.05) is 0 Å². The molecule has 0 radical (unpaired) electrons. The van der Waals surface area contributed by atoms with E-state index in [-0.39, 0.29) is 5.54 Å². The molecule has 0 aromatic heterocycles. The fourth-order valence-electron chi connectivity index (χ4n) is 4.31. The van der Waals surface area contributed by atoms with Crippen molar-refractivity contribution in [3.8, 4) is 0 Å². The molecule has 1 aromatic carbocycles. The SMILES string of the molecule is Cc1ccc(C)c(CC2(N)CC(C)CC(C)(C)C2)c1. The Morgan fingerprint density at radius 2 is 1.89 bits per heavy atom. The third-order valence-electron chi connectivity index (χ3n) is 4.53. The second-order valence-corrected chi connectivity index (χ2v) is 7.82. The summed E-state index contributed by atoms with van der Waals surface area (Å²) < 4.78 is 0. The van der Waals surface area contributed by atoms with E-state index in [0.717, 1.165) is 25.2 Å². The summed E-state index contributed by atoms with van der Waals surface area (Å²) in [5, 5.41) is 0. The summed E-state index contributed by atoms with van der Waals surface area (Å²) in [6, 6.07) is 6.73. The zero-order chi connectivity index (χ0) is 14.3. The highest BCUT2D eigenvalue weighted by molar-refractivity contribution is 5.32. The summed E-state index contributed by atoms with van der Waals surface area (Å²) in [5.41, 5.74) is 11.3. The molecular weight excluding hydrogens is 230 g/mol. The van der Waals surface area contributed by atoms with Crippen molar-refractivity contribution in [1.82, 2.24) is 0 Å². The van der Waals surface area contributed by atoms with E-state index in [1.165, 1.54) is 23.1 Å². The first-order chi connectivity index (χ1) is 8.69. The molecular formula is C18H29N. The zero-order valence-electron chi connectivity index (χ0n) is 13.2. The van der Waals surface area contributed by atoms with Gasteiger partial charge in [0.2, 0.25) is 0 Å². The van der Waals surface area contributed by atoms with Gasteiger partial charge in [-0.2, -0.15) is 0 Å². The predicted octanol–water partition coefficient (Wildman–Crippen LogP) is 4.39. The van der Waals surface area contributed by atoms with Crippen molar-refractivity contribution in [1.29, 1.82) is 0 Å². The van der Waals surface area contributed by atoms with Gasteiger partial charge in [0.05, 0.1) is 0 Å². The molecule has 2 atom stereocenters. The summed E-state index contributed by atoms with van der Waals surface area (Å²) in [5.74, 6) is 0.735. The Morgan fingerprint density at radius 3 is 2.53 bits per heavy atom. The molecule has 1 aromatic rings. The van der Waals surface area contributed by atoms with Crippen molar-refractivity contribution in [2.24, 2.45) is 17.1 Å². The van der Waals surface area contributed by atoms with Gasteiger partial charge in [0.1, 0.15) is 0 Å². The van der Waals surface area contributed by atoms with Crippen molar-refractivity contribution >= 4 is 0 Å². The van der Waals surface area contributed by atoms with Crippen LogP contribution in [0.5, 0.6) is 0 Å². The fraction of sp³-hybridized carbons (Fsp3) is 0.667. The molecule has 1 nitrogen and oxygen atoms in total. The molecule has 0 bridgehead atoms. The third-order valence-corrected chi connectivity index (χ3v) is 4.53. The number of nitrogens with two attached hydrogens (primary N) is 1. The Labute approximate surface area is 118 Å². The Morgan fingerprint density at radius 1 is 1.21 bits per heavy atom. The Bertz CT molecular complexity index is 461. The van der Waals surface area contributed by atoms with E-state index >= 15 is 0 Å². The molecule has 2 N–H and O–H groups in total. The molecule has 1 aliphatic rings. The molecule has 0 spiro atoms. The second kappa shape index (κ2) is 4.94. The summed E-state index contributed by atoms with van der Waals surface area (Å²) in [7, 11) is 0. The molecule has 106 valence electrons.